The Morgan fingerprint density at radius 1 is 1.24 bits per heavy atom. The number of hydrogen-bond donors (Lipinski definition) is 0. The molecule has 2 atom stereocenters. The molecule has 2 fully saturated rings. The molecule has 0 aromatic heterocycles. The summed E-state index contributed by atoms with van der Waals surface area (Å²) in [5.74, 6) is 1.30. The molecule has 1 aromatic carbocycles. The van der Waals surface area contributed by atoms with Gasteiger partial charge in [0.25, 0.3) is 15.0 Å². The van der Waals surface area contributed by atoms with Crippen molar-refractivity contribution >= 4 is 25.6 Å². The van der Waals surface area contributed by atoms with Gasteiger partial charge < -0.3 is 4.90 Å². The van der Waals surface area contributed by atoms with E-state index in [-0.39, 0.29) is 10.8 Å². The zero-order valence-electron chi connectivity index (χ0n) is 11.9. The van der Waals surface area contributed by atoms with Gasteiger partial charge in [0.05, 0.1) is 4.90 Å². The fourth-order valence-corrected chi connectivity index (χ4v) is 4.44. The standard InChI is InChI=1S/C15H18ClNO3S/c1-10-7-13(21(16,19)20)5-6-14(10)15(18)17-8-11-3-2-4-12(11)9-17/h5-7,11-12H,2-4,8-9H2,1H3. The zero-order chi connectivity index (χ0) is 15.2. The van der Waals surface area contributed by atoms with Crippen LogP contribution < -0.4 is 0 Å². The molecule has 0 N–H and O–H groups in total. The van der Waals surface area contributed by atoms with Crippen molar-refractivity contribution in [2.75, 3.05) is 13.1 Å². The van der Waals surface area contributed by atoms with Gasteiger partial charge in [-0.15, -0.1) is 0 Å². The van der Waals surface area contributed by atoms with Crippen molar-refractivity contribution in [1.29, 1.82) is 0 Å². The van der Waals surface area contributed by atoms with Crippen molar-refractivity contribution in [3.05, 3.63) is 29.3 Å². The van der Waals surface area contributed by atoms with Gasteiger partial charge in [-0.2, -0.15) is 0 Å². The summed E-state index contributed by atoms with van der Waals surface area (Å²) in [6, 6.07) is 4.44. The predicted octanol–water partition coefficient (Wildman–Crippen LogP) is 2.79. The molecule has 0 spiro atoms. The van der Waals surface area contributed by atoms with E-state index in [1.807, 2.05) is 4.90 Å². The Morgan fingerprint density at radius 3 is 2.38 bits per heavy atom. The molecule has 2 aliphatic rings. The summed E-state index contributed by atoms with van der Waals surface area (Å²) in [5.41, 5.74) is 1.22. The number of amides is 1. The van der Waals surface area contributed by atoms with E-state index in [9.17, 15) is 13.2 Å². The zero-order valence-corrected chi connectivity index (χ0v) is 13.5. The molecule has 1 saturated carbocycles. The van der Waals surface area contributed by atoms with Crippen LogP contribution >= 0.6 is 10.7 Å². The highest BCUT2D eigenvalue weighted by Gasteiger charge is 2.38. The van der Waals surface area contributed by atoms with E-state index < -0.39 is 9.05 Å². The third-order valence-corrected chi connectivity index (χ3v) is 6.07. The highest BCUT2D eigenvalue weighted by molar-refractivity contribution is 8.13. The van der Waals surface area contributed by atoms with Gasteiger partial charge in [-0.25, -0.2) is 8.42 Å². The summed E-state index contributed by atoms with van der Waals surface area (Å²) >= 11 is 0. The van der Waals surface area contributed by atoms with E-state index in [0.717, 1.165) is 13.1 Å². The summed E-state index contributed by atoms with van der Waals surface area (Å²) < 4.78 is 22.6. The van der Waals surface area contributed by atoms with E-state index >= 15 is 0 Å². The van der Waals surface area contributed by atoms with Crippen LogP contribution in [0.4, 0.5) is 0 Å². The fraction of sp³-hybridized carbons (Fsp3) is 0.533. The lowest BCUT2D eigenvalue weighted by atomic mass is 10.0. The van der Waals surface area contributed by atoms with Crippen LogP contribution in [0.15, 0.2) is 23.1 Å². The number of halogens is 1. The molecule has 6 heteroatoms. The third kappa shape index (κ3) is 2.81. The number of hydrogen-bond acceptors (Lipinski definition) is 3. The Labute approximate surface area is 129 Å². The SMILES string of the molecule is Cc1cc(S(=O)(=O)Cl)ccc1C(=O)N1CC2CCCC2C1. The third-order valence-electron chi connectivity index (χ3n) is 4.72. The Hall–Kier alpha value is -1.07. The normalized spacial score (nSPS) is 25.1. The molecule has 1 aliphatic carbocycles. The minimum Gasteiger partial charge on any atom is -0.338 e. The number of fused-ring (bicyclic) bond motifs is 1. The van der Waals surface area contributed by atoms with Gasteiger partial charge in [0.1, 0.15) is 0 Å². The van der Waals surface area contributed by atoms with Gasteiger partial charge in [0.2, 0.25) is 0 Å². The molecule has 3 rings (SSSR count). The Morgan fingerprint density at radius 2 is 1.86 bits per heavy atom. The lowest BCUT2D eigenvalue weighted by Crippen LogP contribution is -2.30. The Balaban J connectivity index is 1.82. The largest absolute Gasteiger partial charge is 0.338 e. The molecule has 1 saturated heterocycles. The lowest BCUT2D eigenvalue weighted by molar-refractivity contribution is 0.0780. The number of carbonyl (C=O) groups is 1. The molecule has 1 aliphatic heterocycles. The molecule has 1 amide bonds. The maximum absolute atomic E-state index is 12.6. The van der Waals surface area contributed by atoms with Crippen LogP contribution in [0, 0.1) is 18.8 Å². The van der Waals surface area contributed by atoms with Crippen LogP contribution in [0.1, 0.15) is 35.2 Å². The van der Waals surface area contributed by atoms with Crippen molar-refractivity contribution in [3.63, 3.8) is 0 Å². The average Bonchev–Trinajstić information content (AvgIpc) is 2.97. The highest BCUT2D eigenvalue weighted by Crippen LogP contribution is 2.38. The number of nitrogens with zero attached hydrogens (tertiary/aromatic N) is 1. The first kappa shape index (κ1) is 14.9. The monoisotopic (exact) mass is 327 g/mol. The summed E-state index contributed by atoms with van der Waals surface area (Å²) in [6.07, 6.45) is 3.71. The van der Waals surface area contributed by atoms with Crippen molar-refractivity contribution < 1.29 is 13.2 Å². The van der Waals surface area contributed by atoms with Crippen molar-refractivity contribution in [2.45, 2.75) is 31.1 Å². The predicted molar refractivity (Wildman–Crippen MR) is 81.0 cm³/mol. The summed E-state index contributed by atoms with van der Waals surface area (Å²) in [7, 11) is 1.58. The molecule has 0 bridgehead atoms. The van der Waals surface area contributed by atoms with Gasteiger partial charge in [-0.05, 0) is 55.4 Å². The molecule has 21 heavy (non-hydrogen) atoms. The van der Waals surface area contributed by atoms with E-state index in [0.29, 0.717) is 23.0 Å². The van der Waals surface area contributed by atoms with Crippen LogP contribution in [0.5, 0.6) is 0 Å². The topological polar surface area (TPSA) is 54.5 Å². The van der Waals surface area contributed by atoms with Crippen LogP contribution in [-0.4, -0.2) is 32.3 Å². The fourth-order valence-electron chi connectivity index (χ4n) is 3.60. The average molecular weight is 328 g/mol. The first-order chi connectivity index (χ1) is 9.86. The van der Waals surface area contributed by atoms with Gasteiger partial charge >= 0.3 is 0 Å². The first-order valence-corrected chi connectivity index (χ1v) is 9.52. The minimum atomic E-state index is -3.75. The van der Waals surface area contributed by atoms with E-state index in [1.54, 1.807) is 13.0 Å². The molecule has 114 valence electrons. The van der Waals surface area contributed by atoms with Crippen LogP contribution in [0.3, 0.4) is 0 Å². The molecule has 1 heterocycles. The summed E-state index contributed by atoms with van der Waals surface area (Å²) in [4.78, 5) is 14.6. The first-order valence-electron chi connectivity index (χ1n) is 7.21. The maximum atomic E-state index is 12.6. The molecule has 0 radical (unpaired) electrons. The molecule has 2 unspecified atom stereocenters. The molecular weight excluding hydrogens is 310 g/mol. The second-order valence-electron chi connectivity index (χ2n) is 6.08. The van der Waals surface area contributed by atoms with E-state index in [4.69, 9.17) is 10.7 Å². The van der Waals surface area contributed by atoms with Gasteiger partial charge in [-0.3, -0.25) is 4.79 Å². The van der Waals surface area contributed by atoms with Crippen molar-refractivity contribution in [3.8, 4) is 0 Å². The van der Waals surface area contributed by atoms with Crippen molar-refractivity contribution in [1.82, 2.24) is 4.90 Å². The number of likely N-dealkylation sites (tertiary alicyclic amines) is 1. The van der Waals surface area contributed by atoms with Gasteiger partial charge in [0.15, 0.2) is 0 Å². The quantitative estimate of drug-likeness (QED) is 0.785. The summed E-state index contributed by atoms with van der Waals surface area (Å²) in [5, 5.41) is 0. The lowest BCUT2D eigenvalue weighted by Gasteiger charge is -2.18. The smallest absolute Gasteiger partial charge is 0.261 e. The number of benzene rings is 1. The molecule has 1 aromatic rings. The second-order valence-corrected chi connectivity index (χ2v) is 8.64. The number of rotatable bonds is 2. The highest BCUT2D eigenvalue weighted by atomic mass is 35.7. The van der Waals surface area contributed by atoms with Crippen molar-refractivity contribution in [2.24, 2.45) is 11.8 Å². The van der Waals surface area contributed by atoms with Crippen LogP contribution in [-0.2, 0) is 9.05 Å². The van der Waals surface area contributed by atoms with Crippen LogP contribution in [0.25, 0.3) is 0 Å². The van der Waals surface area contributed by atoms with Gasteiger partial charge in [0, 0.05) is 29.3 Å². The molecular formula is C15H18ClNO3S. The second kappa shape index (κ2) is 5.29. The number of aryl methyl sites for hydroxylation is 1. The maximum Gasteiger partial charge on any atom is 0.261 e. The van der Waals surface area contributed by atoms with Gasteiger partial charge in [-0.1, -0.05) is 6.42 Å². The Bertz CT molecular complexity index is 674. The Kier molecular flexibility index (Phi) is 3.74. The van der Waals surface area contributed by atoms with Crippen LogP contribution in [0.2, 0.25) is 0 Å². The molecule has 4 nitrogen and oxygen atoms in total. The van der Waals surface area contributed by atoms with E-state index in [2.05, 4.69) is 0 Å². The number of carbonyl (C=O) groups excluding carboxylic acids is 1. The van der Waals surface area contributed by atoms with E-state index in [1.165, 1.54) is 31.4 Å². The summed E-state index contributed by atoms with van der Waals surface area (Å²) in [6.45, 7) is 3.41. The minimum absolute atomic E-state index is 0.000389.